The number of benzene rings is 1. The quantitative estimate of drug-likeness (QED) is 0.538. The summed E-state index contributed by atoms with van der Waals surface area (Å²) in [5.74, 6) is -0.659. The number of alkyl halides is 3. The van der Waals surface area contributed by atoms with Gasteiger partial charge in [0.1, 0.15) is 5.52 Å². The van der Waals surface area contributed by atoms with E-state index in [4.69, 9.17) is 0 Å². The van der Waals surface area contributed by atoms with Gasteiger partial charge in [-0.15, -0.1) is 0 Å². The zero-order valence-corrected chi connectivity index (χ0v) is 19.3. The Bertz CT molecular complexity index is 1220. The molecule has 0 saturated carbocycles. The number of pyridine rings is 1. The Hall–Kier alpha value is -2.50. The molecular formula is C22H26F3N5O2S. The van der Waals surface area contributed by atoms with Crippen LogP contribution in [-0.2, 0) is 22.7 Å². The van der Waals surface area contributed by atoms with Crippen LogP contribution in [0.1, 0.15) is 31.2 Å². The average molecular weight is 482 g/mol. The van der Waals surface area contributed by atoms with Crippen LogP contribution in [0, 0.1) is 0 Å². The van der Waals surface area contributed by atoms with Crippen LogP contribution >= 0.6 is 0 Å². The molecule has 178 valence electrons. The predicted octanol–water partition coefficient (Wildman–Crippen LogP) is 3.58. The number of aromatic nitrogens is 3. The summed E-state index contributed by atoms with van der Waals surface area (Å²) in [6, 6.07) is 9.98. The van der Waals surface area contributed by atoms with Gasteiger partial charge in [0, 0.05) is 45.5 Å². The third kappa shape index (κ3) is 4.90. The average Bonchev–Trinajstić information content (AvgIpc) is 3.17. The van der Waals surface area contributed by atoms with Crippen LogP contribution in [0.15, 0.2) is 47.5 Å². The molecule has 33 heavy (non-hydrogen) atoms. The van der Waals surface area contributed by atoms with Crippen molar-refractivity contribution >= 4 is 21.2 Å². The molecule has 0 radical (unpaired) electrons. The fourth-order valence-electron chi connectivity index (χ4n) is 4.00. The predicted molar refractivity (Wildman–Crippen MR) is 118 cm³/mol. The van der Waals surface area contributed by atoms with E-state index in [1.54, 1.807) is 18.2 Å². The summed E-state index contributed by atoms with van der Waals surface area (Å²) in [4.78, 5) is 10.00. The standard InChI is InChI=1S/C22H26F3N5O2S/c1-16(2)17-5-7-18(8-6-17)33(31,32)29-13-10-28(11-14-29)12-15-30-20-19(4-3-9-26-20)27-21(30)22(23,24)25/h3-9,16H,10-15H2,1-2H3. The van der Waals surface area contributed by atoms with Gasteiger partial charge in [-0.05, 0) is 35.7 Å². The molecule has 0 spiro atoms. The van der Waals surface area contributed by atoms with Crippen LogP contribution in [0.3, 0.4) is 0 Å². The van der Waals surface area contributed by atoms with Crippen molar-refractivity contribution in [1.82, 2.24) is 23.7 Å². The number of fused-ring (bicyclic) bond motifs is 1. The fourth-order valence-corrected chi connectivity index (χ4v) is 5.42. The molecule has 4 rings (SSSR count). The largest absolute Gasteiger partial charge is 0.449 e. The van der Waals surface area contributed by atoms with Crippen molar-refractivity contribution in [2.45, 2.75) is 37.4 Å². The number of sulfonamides is 1. The number of halogens is 3. The highest BCUT2D eigenvalue weighted by atomic mass is 32.2. The molecule has 1 fully saturated rings. The van der Waals surface area contributed by atoms with E-state index in [2.05, 4.69) is 9.97 Å². The van der Waals surface area contributed by atoms with Gasteiger partial charge in [-0.25, -0.2) is 18.4 Å². The van der Waals surface area contributed by atoms with Gasteiger partial charge in [0.05, 0.1) is 4.90 Å². The fraction of sp³-hybridized carbons (Fsp3) is 0.455. The number of hydrogen-bond acceptors (Lipinski definition) is 5. The molecule has 0 aliphatic carbocycles. The molecule has 0 N–H and O–H groups in total. The molecular weight excluding hydrogens is 455 g/mol. The van der Waals surface area contributed by atoms with Gasteiger partial charge in [-0.3, -0.25) is 4.90 Å². The summed E-state index contributed by atoms with van der Waals surface area (Å²) in [5, 5.41) is 0. The maximum Gasteiger partial charge on any atom is 0.449 e. The molecule has 1 aliphatic heterocycles. The lowest BCUT2D eigenvalue weighted by atomic mass is 10.0. The Morgan fingerprint density at radius 3 is 2.27 bits per heavy atom. The molecule has 3 aromatic rings. The van der Waals surface area contributed by atoms with E-state index >= 15 is 0 Å². The van der Waals surface area contributed by atoms with Gasteiger partial charge in [-0.1, -0.05) is 26.0 Å². The summed E-state index contributed by atoms with van der Waals surface area (Å²) in [6.45, 7) is 5.92. The summed E-state index contributed by atoms with van der Waals surface area (Å²) < 4.78 is 68.9. The molecule has 2 aromatic heterocycles. The van der Waals surface area contributed by atoms with E-state index in [0.29, 0.717) is 25.6 Å². The number of hydrogen-bond donors (Lipinski definition) is 0. The Morgan fingerprint density at radius 1 is 1.00 bits per heavy atom. The molecule has 0 bridgehead atoms. The smallest absolute Gasteiger partial charge is 0.304 e. The van der Waals surface area contributed by atoms with Crippen molar-refractivity contribution in [3.05, 3.63) is 54.0 Å². The zero-order valence-electron chi connectivity index (χ0n) is 18.5. The number of nitrogens with zero attached hydrogens (tertiary/aromatic N) is 5. The normalized spacial score (nSPS) is 16.7. The molecule has 1 aliphatic rings. The minimum Gasteiger partial charge on any atom is -0.304 e. The van der Waals surface area contributed by atoms with E-state index < -0.39 is 22.0 Å². The first kappa shape index (κ1) is 23.7. The van der Waals surface area contributed by atoms with Crippen LogP contribution < -0.4 is 0 Å². The molecule has 1 saturated heterocycles. The van der Waals surface area contributed by atoms with Crippen LogP contribution in [0.2, 0.25) is 0 Å². The first-order valence-electron chi connectivity index (χ1n) is 10.8. The second-order valence-electron chi connectivity index (χ2n) is 8.40. The first-order valence-corrected chi connectivity index (χ1v) is 12.2. The molecule has 7 nitrogen and oxygen atoms in total. The van der Waals surface area contributed by atoms with Crippen LogP contribution in [-0.4, -0.2) is 64.9 Å². The third-order valence-electron chi connectivity index (χ3n) is 5.91. The summed E-state index contributed by atoms with van der Waals surface area (Å²) in [5.41, 5.74) is 1.46. The maximum atomic E-state index is 13.5. The van der Waals surface area contributed by atoms with Crippen LogP contribution in [0.25, 0.3) is 11.2 Å². The van der Waals surface area contributed by atoms with Gasteiger partial charge in [-0.2, -0.15) is 17.5 Å². The van der Waals surface area contributed by atoms with Crippen molar-refractivity contribution in [1.29, 1.82) is 0 Å². The molecule has 3 heterocycles. The van der Waals surface area contributed by atoms with Crippen LogP contribution in [0.5, 0.6) is 0 Å². The van der Waals surface area contributed by atoms with Crippen LogP contribution in [0.4, 0.5) is 13.2 Å². The van der Waals surface area contributed by atoms with Gasteiger partial charge in [0.2, 0.25) is 15.8 Å². The molecule has 1 aromatic carbocycles. The summed E-state index contributed by atoms with van der Waals surface area (Å²) >= 11 is 0. The van der Waals surface area contributed by atoms with E-state index in [1.165, 1.54) is 16.6 Å². The minimum atomic E-state index is -4.58. The Kier molecular flexibility index (Phi) is 6.47. The van der Waals surface area contributed by atoms with Crippen molar-refractivity contribution in [3.63, 3.8) is 0 Å². The number of rotatable bonds is 6. The van der Waals surface area contributed by atoms with Crippen molar-refractivity contribution in [2.75, 3.05) is 32.7 Å². The summed E-state index contributed by atoms with van der Waals surface area (Å²) in [6.07, 6.45) is -3.14. The van der Waals surface area contributed by atoms with Gasteiger partial charge >= 0.3 is 6.18 Å². The third-order valence-corrected chi connectivity index (χ3v) is 7.83. The van der Waals surface area contributed by atoms with E-state index in [-0.39, 0.29) is 35.7 Å². The van der Waals surface area contributed by atoms with E-state index in [9.17, 15) is 21.6 Å². The second-order valence-corrected chi connectivity index (χ2v) is 10.3. The van der Waals surface area contributed by atoms with Gasteiger partial charge in [0.25, 0.3) is 0 Å². The van der Waals surface area contributed by atoms with Gasteiger partial charge < -0.3 is 4.57 Å². The summed E-state index contributed by atoms with van der Waals surface area (Å²) in [7, 11) is -3.61. The van der Waals surface area contributed by atoms with Crippen molar-refractivity contribution in [2.24, 2.45) is 0 Å². The first-order chi connectivity index (χ1) is 15.6. The minimum absolute atomic E-state index is 0.0613. The highest BCUT2D eigenvalue weighted by Crippen LogP contribution is 2.31. The molecule has 0 unspecified atom stereocenters. The van der Waals surface area contributed by atoms with Crippen molar-refractivity contribution in [3.8, 4) is 0 Å². The Labute approximate surface area is 190 Å². The lowest BCUT2D eigenvalue weighted by Crippen LogP contribution is -2.49. The molecule has 0 atom stereocenters. The topological polar surface area (TPSA) is 71.3 Å². The zero-order chi connectivity index (χ0) is 23.8. The highest BCUT2D eigenvalue weighted by Gasteiger charge is 2.38. The van der Waals surface area contributed by atoms with Crippen molar-refractivity contribution < 1.29 is 21.6 Å². The lowest BCUT2D eigenvalue weighted by molar-refractivity contribution is -0.147. The maximum absolute atomic E-state index is 13.5. The Morgan fingerprint density at radius 2 is 1.67 bits per heavy atom. The van der Waals surface area contributed by atoms with Gasteiger partial charge in [0.15, 0.2) is 5.65 Å². The SMILES string of the molecule is CC(C)c1ccc(S(=O)(=O)N2CCN(CCn3c(C(F)(F)F)nc4cccnc43)CC2)cc1. The van der Waals surface area contributed by atoms with E-state index in [0.717, 1.165) is 10.1 Å². The molecule has 11 heteroatoms. The lowest BCUT2D eigenvalue weighted by Gasteiger charge is -2.34. The highest BCUT2D eigenvalue weighted by molar-refractivity contribution is 7.89. The second kappa shape index (κ2) is 9.03. The number of imidazole rings is 1. The monoisotopic (exact) mass is 481 g/mol. The Balaban J connectivity index is 1.41. The number of piperazine rings is 1. The molecule has 0 amide bonds. The van der Waals surface area contributed by atoms with E-state index in [1.807, 2.05) is 30.9 Å².